The average molecular weight is 197 g/mol. The summed E-state index contributed by atoms with van der Waals surface area (Å²) in [4.78, 5) is 0. The Balaban J connectivity index is 2.05. The summed E-state index contributed by atoms with van der Waals surface area (Å²) in [5.74, 6) is 0.628. The van der Waals surface area contributed by atoms with Crippen LogP contribution in [0.5, 0.6) is 0 Å². The zero-order valence-electron chi connectivity index (χ0n) is 9.30. The molecule has 0 bridgehead atoms. The van der Waals surface area contributed by atoms with E-state index < -0.39 is 0 Å². The van der Waals surface area contributed by atoms with Crippen molar-refractivity contribution in [1.29, 1.82) is 0 Å². The maximum absolute atomic E-state index is 6.52. The molecule has 2 aliphatic rings. The minimum absolute atomic E-state index is 0.112. The summed E-state index contributed by atoms with van der Waals surface area (Å²) in [6, 6.07) is 0. The van der Waals surface area contributed by atoms with E-state index in [-0.39, 0.29) is 5.54 Å². The summed E-state index contributed by atoms with van der Waals surface area (Å²) in [6.45, 7) is 0. The first-order chi connectivity index (χ1) is 6.76. The number of hydrogen-bond acceptors (Lipinski definition) is 2. The Morgan fingerprint density at radius 2 is 1.71 bits per heavy atom. The van der Waals surface area contributed by atoms with Gasteiger partial charge in [-0.1, -0.05) is 25.7 Å². The molecule has 2 aliphatic carbocycles. The third-order valence-electron chi connectivity index (χ3n) is 4.28. The Labute approximate surface area is 87.2 Å². The van der Waals surface area contributed by atoms with Crippen LogP contribution in [0.1, 0.15) is 51.4 Å². The van der Waals surface area contributed by atoms with Gasteiger partial charge >= 0.3 is 0 Å². The average Bonchev–Trinajstić information content (AvgIpc) is 2.66. The largest absolute Gasteiger partial charge is 0.381 e. The van der Waals surface area contributed by atoms with Crippen molar-refractivity contribution >= 4 is 0 Å². The summed E-state index contributed by atoms with van der Waals surface area (Å²) >= 11 is 0. The van der Waals surface area contributed by atoms with Crippen molar-refractivity contribution < 1.29 is 4.74 Å². The molecular formula is C12H23NO. The lowest BCUT2D eigenvalue weighted by atomic mass is 9.72. The number of rotatable bonds is 2. The van der Waals surface area contributed by atoms with Gasteiger partial charge in [0.1, 0.15) is 0 Å². The van der Waals surface area contributed by atoms with Crippen molar-refractivity contribution in [3.05, 3.63) is 0 Å². The molecule has 0 saturated heterocycles. The molecule has 0 aromatic rings. The molecule has 2 atom stereocenters. The lowest BCUT2D eigenvalue weighted by Crippen LogP contribution is -2.51. The smallest absolute Gasteiger partial charge is 0.0617 e. The van der Waals surface area contributed by atoms with Gasteiger partial charge in [0.25, 0.3) is 0 Å². The molecule has 2 unspecified atom stereocenters. The Bertz CT molecular complexity index is 187. The van der Waals surface area contributed by atoms with Gasteiger partial charge < -0.3 is 10.5 Å². The second-order valence-corrected chi connectivity index (χ2v) is 5.11. The third-order valence-corrected chi connectivity index (χ3v) is 4.28. The van der Waals surface area contributed by atoms with Gasteiger partial charge in [0, 0.05) is 18.6 Å². The first-order valence-electron chi connectivity index (χ1n) is 6.08. The predicted octanol–water partition coefficient (Wildman–Crippen LogP) is 2.46. The van der Waals surface area contributed by atoms with Gasteiger partial charge in [0.15, 0.2) is 0 Å². The molecule has 0 heterocycles. The molecule has 0 aliphatic heterocycles. The molecule has 0 aromatic heterocycles. The zero-order chi connectivity index (χ0) is 10.0. The maximum Gasteiger partial charge on any atom is 0.0617 e. The Hall–Kier alpha value is -0.0800. The minimum atomic E-state index is 0.112. The van der Waals surface area contributed by atoms with Crippen LogP contribution in [0.3, 0.4) is 0 Å². The topological polar surface area (TPSA) is 35.2 Å². The van der Waals surface area contributed by atoms with Crippen LogP contribution in [-0.4, -0.2) is 18.8 Å². The molecule has 14 heavy (non-hydrogen) atoms. The Kier molecular flexibility index (Phi) is 3.13. The molecule has 0 amide bonds. The minimum Gasteiger partial charge on any atom is -0.381 e. The highest BCUT2D eigenvalue weighted by Crippen LogP contribution is 2.41. The van der Waals surface area contributed by atoms with E-state index in [1.807, 2.05) is 7.11 Å². The van der Waals surface area contributed by atoms with E-state index in [0.717, 1.165) is 0 Å². The third kappa shape index (κ3) is 1.82. The van der Waals surface area contributed by atoms with E-state index in [4.69, 9.17) is 10.5 Å². The van der Waals surface area contributed by atoms with E-state index in [0.29, 0.717) is 12.0 Å². The van der Waals surface area contributed by atoms with Crippen LogP contribution in [0, 0.1) is 5.92 Å². The van der Waals surface area contributed by atoms with Gasteiger partial charge in [-0.05, 0) is 25.7 Å². The molecule has 0 aromatic carbocycles. The Morgan fingerprint density at radius 1 is 1.07 bits per heavy atom. The van der Waals surface area contributed by atoms with E-state index in [1.54, 1.807) is 0 Å². The van der Waals surface area contributed by atoms with E-state index >= 15 is 0 Å². The molecule has 82 valence electrons. The van der Waals surface area contributed by atoms with Crippen LogP contribution in [0.4, 0.5) is 0 Å². The Morgan fingerprint density at radius 3 is 2.36 bits per heavy atom. The lowest BCUT2D eigenvalue weighted by molar-refractivity contribution is -0.00919. The number of hydrogen-bond donors (Lipinski definition) is 1. The molecule has 2 heteroatoms. The summed E-state index contributed by atoms with van der Waals surface area (Å²) in [5, 5.41) is 0. The summed E-state index contributed by atoms with van der Waals surface area (Å²) < 4.78 is 5.60. The summed E-state index contributed by atoms with van der Waals surface area (Å²) in [6.07, 6.45) is 10.7. The van der Waals surface area contributed by atoms with Crippen molar-refractivity contribution in [2.24, 2.45) is 11.7 Å². The van der Waals surface area contributed by atoms with Crippen LogP contribution in [0.2, 0.25) is 0 Å². The monoisotopic (exact) mass is 197 g/mol. The lowest BCUT2D eigenvalue weighted by Gasteiger charge is -2.41. The van der Waals surface area contributed by atoms with Crippen molar-refractivity contribution in [2.45, 2.75) is 63.0 Å². The first-order valence-corrected chi connectivity index (χ1v) is 6.08. The fourth-order valence-electron chi connectivity index (χ4n) is 3.44. The molecule has 0 spiro atoms. The van der Waals surface area contributed by atoms with Gasteiger partial charge in [-0.15, -0.1) is 0 Å². The quantitative estimate of drug-likeness (QED) is 0.738. The van der Waals surface area contributed by atoms with Crippen molar-refractivity contribution in [3.8, 4) is 0 Å². The van der Waals surface area contributed by atoms with Crippen molar-refractivity contribution in [1.82, 2.24) is 0 Å². The van der Waals surface area contributed by atoms with Crippen LogP contribution in [0.25, 0.3) is 0 Å². The van der Waals surface area contributed by atoms with Crippen LogP contribution in [-0.2, 0) is 4.74 Å². The SMILES string of the molecule is COC1CCCCC1C1(N)CCCC1. The predicted molar refractivity (Wildman–Crippen MR) is 58.1 cm³/mol. The standard InChI is InChI=1S/C12H23NO/c1-14-11-7-3-2-6-10(11)12(13)8-4-5-9-12/h10-11H,2-9,13H2,1H3. The van der Waals surface area contributed by atoms with Crippen LogP contribution in [0.15, 0.2) is 0 Å². The number of nitrogens with two attached hydrogens (primary N) is 1. The zero-order valence-corrected chi connectivity index (χ0v) is 9.30. The van der Waals surface area contributed by atoms with Gasteiger partial charge in [0.05, 0.1) is 6.10 Å². The second-order valence-electron chi connectivity index (χ2n) is 5.11. The highest BCUT2D eigenvalue weighted by molar-refractivity contribution is 4.99. The molecule has 2 N–H and O–H groups in total. The van der Waals surface area contributed by atoms with Gasteiger partial charge in [0.2, 0.25) is 0 Å². The summed E-state index contributed by atoms with van der Waals surface area (Å²) in [7, 11) is 1.85. The molecular weight excluding hydrogens is 174 g/mol. The fraction of sp³-hybridized carbons (Fsp3) is 1.00. The summed E-state index contributed by atoms with van der Waals surface area (Å²) in [5.41, 5.74) is 6.63. The van der Waals surface area contributed by atoms with Gasteiger partial charge in [-0.2, -0.15) is 0 Å². The normalized spacial score (nSPS) is 37.3. The van der Waals surface area contributed by atoms with E-state index in [2.05, 4.69) is 0 Å². The molecule has 2 fully saturated rings. The van der Waals surface area contributed by atoms with E-state index in [1.165, 1.54) is 51.4 Å². The fourth-order valence-corrected chi connectivity index (χ4v) is 3.44. The molecule has 0 radical (unpaired) electrons. The van der Waals surface area contributed by atoms with Crippen molar-refractivity contribution in [2.75, 3.05) is 7.11 Å². The van der Waals surface area contributed by atoms with E-state index in [9.17, 15) is 0 Å². The van der Waals surface area contributed by atoms with Crippen LogP contribution < -0.4 is 5.73 Å². The molecule has 2 nitrogen and oxygen atoms in total. The van der Waals surface area contributed by atoms with Crippen molar-refractivity contribution in [3.63, 3.8) is 0 Å². The van der Waals surface area contributed by atoms with Crippen LogP contribution >= 0.6 is 0 Å². The van der Waals surface area contributed by atoms with Gasteiger partial charge in [-0.3, -0.25) is 0 Å². The highest BCUT2D eigenvalue weighted by Gasteiger charge is 2.42. The number of ether oxygens (including phenoxy) is 1. The molecule has 2 rings (SSSR count). The highest BCUT2D eigenvalue weighted by atomic mass is 16.5. The maximum atomic E-state index is 6.52. The molecule has 2 saturated carbocycles. The first kappa shape index (κ1) is 10.4. The second kappa shape index (κ2) is 4.19. The number of methoxy groups -OCH3 is 1. The van der Waals surface area contributed by atoms with Gasteiger partial charge in [-0.25, -0.2) is 0 Å².